The predicted octanol–water partition coefficient (Wildman–Crippen LogP) is 4.57. The van der Waals surface area contributed by atoms with Crippen molar-refractivity contribution in [2.45, 2.75) is 88.6 Å². The van der Waals surface area contributed by atoms with Crippen LogP contribution in [0.1, 0.15) is 63.0 Å². The van der Waals surface area contributed by atoms with Crippen molar-refractivity contribution in [3.8, 4) is 0 Å². The summed E-state index contributed by atoms with van der Waals surface area (Å²) in [5.41, 5.74) is 7.79. The van der Waals surface area contributed by atoms with E-state index >= 15 is 4.39 Å². The van der Waals surface area contributed by atoms with Crippen LogP contribution in [0.25, 0.3) is 0 Å². The maximum absolute atomic E-state index is 15.2. The van der Waals surface area contributed by atoms with Crippen LogP contribution < -0.4 is 16.4 Å². The van der Waals surface area contributed by atoms with Crippen LogP contribution in [0.15, 0.2) is 36.4 Å². The maximum Gasteiger partial charge on any atom is 0.241 e. The van der Waals surface area contributed by atoms with Crippen LogP contribution in [0.4, 0.5) is 14.5 Å². The maximum atomic E-state index is 15.2. The summed E-state index contributed by atoms with van der Waals surface area (Å²) in [7, 11) is -3.39. The monoisotopic (exact) mass is 638 g/mol. The topological polar surface area (TPSA) is 114 Å². The van der Waals surface area contributed by atoms with Crippen molar-refractivity contribution in [1.29, 1.82) is 0 Å². The second-order valence-corrected chi connectivity index (χ2v) is 14.7. The molecule has 0 aromatic heterocycles. The summed E-state index contributed by atoms with van der Waals surface area (Å²) in [6.07, 6.45) is 3.19. The van der Waals surface area contributed by atoms with Crippen molar-refractivity contribution in [3.63, 3.8) is 0 Å². The van der Waals surface area contributed by atoms with Gasteiger partial charge in [0.15, 0.2) is 0 Å². The highest BCUT2D eigenvalue weighted by molar-refractivity contribution is 7.89. The summed E-state index contributed by atoms with van der Waals surface area (Å²) in [4.78, 5) is 13.7. The molecule has 1 amide bonds. The number of ether oxygens (including phenoxy) is 1. The highest BCUT2D eigenvalue weighted by atomic mass is 35.5. The molecule has 2 aromatic carbocycles. The van der Waals surface area contributed by atoms with Crippen LogP contribution >= 0.6 is 11.6 Å². The fourth-order valence-electron chi connectivity index (χ4n) is 7.11. The molecule has 0 aliphatic carbocycles. The molecule has 3 aliphatic heterocycles. The van der Waals surface area contributed by atoms with Crippen LogP contribution in [0.5, 0.6) is 0 Å². The third kappa shape index (κ3) is 7.40. The number of hydrogen-bond donors (Lipinski definition) is 3. The van der Waals surface area contributed by atoms with E-state index in [0.29, 0.717) is 49.9 Å². The lowest BCUT2D eigenvalue weighted by molar-refractivity contribution is -0.119. The van der Waals surface area contributed by atoms with Crippen molar-refractivity contribution in [3.05, 3.63) is 64.2 Å². The molecular formula is C31H41ClF2N4O4S. The number of nitrogens with one attached hydrogen (secondary N) is 2. The largest absolute Gasteiger partial charge is 0.376 e. The lowest BCUT2D eigenvalue weighted by Gasteiger charge is -2.39. The van der Waals surface area contributed by atoms with Gasteiger partial charge in [0.2, 0.25) is 15.9 Å². The molecule has 3 heterocycles. The van der Waals surface area contributed by atoms with Gasteiger partial charge >= 0.3 is 0 Å². The number of benzene rings is 2. The highest BCUT2D eigenvalue weighted by Crippen LogP contribution is 2.39. The smallest absolute Gasteiger partial charge is 0.241 e. The van der Waals surface area contributed by atoms with E-state index in [2.05, 4.69) is 10.6 Å². The molecular weight excluding hydrogens is 598 g/mol. The minimum Gasteiger partial charge on any atom is -0.376 e. The van der Waals surface area contributed by atoms with Crippen molar-refractivity contribution in [2.24, 2.45) is 11.7 Å². The number of halogens is 3. The zero-order valence-corrected chi connectivity index (χ0v) is 26.1. The Balaban J connectivity index is 1.36. The summed E-state index contributed by atoms with van der Waals surface area (Å²) < 4.78 is 63.0. The molecule has 12 heteroatoms. The molecule has 2 aromatic rings. The normalized spacial score (nSPS) is 30.2. The number of piperazine rings is 1. The molecule has 0 spiro atoms. The zero-order valence-electron chi connectivity index (χ0n) is 24.6. The Morgan fingerprint density at radius 3 is 2.65 bits per heavy atom. The Kier molecular flexibility index (Phi) is 10.1. The number of nitrogens with two attached hydrogens (primary N) is 1. The standard InChI is InChI=1S/C31H41ClF2N4O4S/c1-18-13-21(14-19(2)42-18)29(20-8-11-25(32)27(34)15-20)30(35)31(39)37-28-7-3-6-26(33)24(28)10-9-23-16-36-22-5-4-12-43(40,41)38(23)17-22/h3,6-8,11,15,18-19,21-23,29-30,36H,4-5,9-10,12-14,16-17,35H2,1-2H3,(H,37,39). The van der Waals surface area contributed by atoms with Gasteiger partial charge in [-0.1, -0.05) is 23.7 Å². The molecule has 0 radical (unpaired) electrons. The molecule has 5 rings (SSSR count). The molecule has 3 aliphatic rings. The minimum absolute atomic E-state index is 0.0182. The molecule has 3 fully saturated rings. The Bertz CT molecular complexity index is 1420. The van der Waals surface area contributed by atoms with Crippen LogP contribution in [0.3, 0.4) is 0 Å². The Hall–Kier alpha value is -2.15. The molecule has 4 N–H and O–H groups in total. The van der Waals surface area contributed by atoms with Crippen LogP contribution in [0, 0.1) is 17.6 Å². The van der Waals surface area contributed by atoms with E-state index in [1.54, 1.807) is 16.4 Å². The van der Waals surface area contributed by atoms with Crippen molar-refractivity contribution in [2.75, 3.05) is 24.2 Å². The van der Waals surface area contributed by atoms with Gasteiger partial charge in [-0.05, 0) is 88.1 Å². The summed E-state index contributed by atoms with van der Waals surface area (Å²) in [6, 6.07) is 7.70. The molecule has 3 saturated heterocycles. The van der Waals surface area contributed by atoms with Gasteiger partial charge in [-0.3, -0.25) is 4.79 Å². The Labute approximate surface area is 257 Å². The van der Waals surface area contributed by atoms with E-state index in [1.807, 2.05) is 13.8 Å². The SMILES string of the molecule is CC1CC(C(c2ccc(Cl)c(F)c2)C(N)C(=O)Nc2cccc(F)c2CCC2CNC3CCCS(=O)(=O)N2C3)CC(C)O1. The number of carbonyl (C=O) groups excluding carboxylic acids is 1. The van der Waals surface area contributed by atoms with Crippen molar-refractivity contribution < 1.29 is 26.7 Å². The quantitative estimate of drug-likeness (QED) is 0.391. The molecule has 8 nitrogen and oxygen atoms in total. The molecule has 43 heavy (non-hydrogen) atoms. The fraction of sp³-hybridized carbons (Fsp3) is 0.581. The van der Waals surface area contributed by atoms with Gasteiger partial charge in [-0.15, -0.1) is 0 Å². The second-order valence-electron chi connectivity index (χ2n) is 12.3. The average Bonchev–Trinajstić information content (AvgIpc) is 3.06. The van der Waals surface area contributed by atoms with Crippen molar-refractivity contribution >= 4 is 33.2 Å². The van der Waals surface area contributed by atoms with Crippen LogP contribution in [-0.4, -0.2) is 67.8 Å². The number of carbonyl (C=O) groups is 1. The average molecular weight is 639 g/mol. The van der Waals surface area contributed by atoms with E-state index in [4.69, 9.17) is 22.1 Å². The summed E-state index contributed by atoms with van der Waals surface area (Å²) in [5, 5.41) is 6.26. The third-order valence-corrected chi connectivity index (χ3v) is 11.4. The van der Waals surface area contributed by atoms with Gasteiger partial charge in [0, 0.05) is 42.3 Å². The number of hydrogen-bond acceptors (Lipinski definition) is 6. The summed E-state index contributed by atoms with van der Waals surface area (Å²) >= 11 is 5.96. The first-order chi connectivity index (χ1) is 20.4. The van der Waals surface area contributed by atoms with Crippen LogP contribution in [-0.2, 0) is 26.0 Å². The van der Waals surface area contributed by atoms with Crippen LogP contribution in [0.2, 0.25) is 5.02 Å². The third-order valence-electron chi connectivity index (χ3n) is 9.13. The van der Waals surface area contributed by atoms with E-state index in [-0.39, 0.29) is 53.1 Å². The lowest BCUT2D eigenvalue weighted by Crippen LogP contribution is -2.57. The summed E-state index contributed by atoms with van der Waals surface area (Å²) in [5.74, 6) is -2.08. The first-order valence-corrected chi connectivity index (χ1v) is 17.1. The molecule has 0 saturated carbocycles. The van der Waals surface area contributed by atoms with E-state index in [9.17, 15) is 17.6 Å². The van der Waals surface area contributed by atoms with Gasteiger partial charge in [0.05, 0.1) is 29.0 Å². The Morgan fingerprint density at radius 2 is 1.93 bits per heavy atom. The molecule has 7 unspecified atom stereocenters. The second kappa shape index (κ2) is 13.5. The van der Waals surface area contributed by atoms with E-state index in [1.165, 1.54) is 24.3 Å². The fourth-order valence-corrected chi connectivity index (χ4v) is 9.03. The summed E-state index contributed by atoms with van der Waals surface area (Å²) in [6.45, 7) is 4.84. The van der Waals surface area contributed by atoms with Gasteiger partial charge in [-0.2, -0.15) is 4.31 Å². The minimum atomic E-state index is -3.39. The predicted molar refractivity (Wildman–Crippen MR) is 164 cm³/mol. The number of sulfonamides is 1. The van der Waals surface area contributed by atoms with Gasteiger partial charge < -0.3 is 21.1 Å². The Morgan fingerprint density at radius 1 is 1.19 bits per heavy atom. The number of nitrogens with zero attached hydrogens (tertiary/aromatic N) is 1. The lowest BCUT2D eigenvalue weighted by atomic mass is 9.74. The van der Waals surface area contributed by atoms with E-state index in [0.717, 1.165) is 6.42 Å². The number of fused-ring (bicyclic) bond motifs is 2. The van der Waals surface area contributed by atoms with Crippen molar-refractivity contribution in [1.82, 2.24) is 9.62 Å². The number of rotatable bonds is 8. The number of anilines is 1. The number of amides is 1. The molecule has 7 atom stereocenters. The molecule has 236 valence electrons. The van der Waals surface area contributed by atoms with Gasteiger partial charge in [0.25, 0.3) is 0 Å². The first-order valence-electron chi connectivity index (χ1n) is 15.1. The van der Waals surface area contributed by atoms with Gasteiger partial charge in [-0.25, -0.2) is 17.2 Å². The van der Waals surface area contributed by atoms with E-state index < -0.39 is 39.5 Å². The highest BCUT2D eigenvalue weighted by Gasteiger charge is 2.39. The molecule has 2 bridgehead atoms. The van der Waals surface area contributed by atoms with Gasteiger partial charge in [0.1, 0.15) is 11.6 Å². The first kappa shape index (κ1) is 32.2. The zero-order chi connectivity index (χ0) is 30.9.